The van der Waals surface area contributed by atoms with Crippen molar-refractivity contribution >= 4 is 62.2 Å². The summed E-state index contributed by atoms with van der Waals surface area (Å²) in [4.78, 5) is 25.7. The summed E-state index contributed by atoms with van der Waals surface area (Å²) in [6, 6.07) is 10.2. The topological polar surface area (TPSA) is 62.5 Å². The lowest BCUT2D eigenvalue weighted by Crippen LogP contribution is -2.29. The van der Waals surface area contributed by atoms with Crippen LogP contribution >= 0.6 is 39.9 Å². The first-order valence-corrected chi connectivity index (χ1v) is 11.7. The van der Waals surface area contributed by atoms with Crippen LogP contribution in [0.4, 0.5) is 0 Å². The number of unbranched alkanes of at least 4 members (excludes halogenated alkanes) is 2. The molecule has 0 atom stereocenters. The van der Waals surface area contributed by atoms with Gasteiger partial charge in [-0.1, -0.05) is 46.3 Å². The zero-order chi connectivity index (χ0) is 21.8. The Kier molecular flexibility index (Phi) is 7.55. The summed E-state index contributed by atoms with van der Waals surface area (Å²) in [6.45, 7) is 4.62. The molecule has 2 aromatic rings. The van der Waals surface area contributed by atoms with E-state index in [4.69, 9.17) is 17.3 Å². The second kappa shape index (κ2) is 9.94. The number of benzene rings is 1. The minimum absolute atomic E-state index is 0.0725. The fraction of sp³-hybridized carbons (Fsp3) is 0.318. The lowest BCUT2D eigenvalue weighted by atomic mass is 10.2. The van der Waals surface area contributed by atoms with Gasteiger partial charge < -0.3 is 9.67 Å². The van der Waals surface area contributed by atoms with E-state index in [0.717, 1.165) is 40.0 Å². The lowest BCUT2D eigenvalue weighted by molar-refractivity contribution is -0.137. The molecule has 2 heterocycles. The Morgan fingerprint density at radius 1 is 1.20 bits per heavy atom. The van der Waals surface area contributed by atoms with Gasteiger partial charge in [-0.15, -0.1) is 0 Å². The number of aryl methyl sites for hydroxylation is 1. The smallest absolute Gasteiger partial charge is 0.303 e. The highest BCUT2D eigenvalue weighted by Gasteiger charge is 2.31. The third kappa shape index (κ3) is 5.22. The van der Waals surface area contributed by atoms with Gasteiger partial charge in [0.15, 0.2) is 0 Å². The molecule has 158 valence electrons. The summed E-state index contributed by atoms with van der Waals surface area (Å²) in [7, 11) is 0. The number of hydrogen-bond donors (Lipinski definition) is 1. The number of rotatable bonds is 8. The van der Waals surface area contributed by atoms with E-state index in [1.807, 2.05) is 25.1 Å². The first-order valence-electron chi connectivity index (χ1n) is 9.70. The number of carbonyl (C=O) groups excluding carboxylic acids is 1. The number of halogens is 1. The van der Waals surface area contributed by atoms with Gasteiger partial charge in [-0.05, 0) is 68.7 Å². The molecule has 3 rings (SSSR count). The zero-order valence-corrected chi connectivity index (χ0v) is 20.1. The Hall–Kier alpha value is -1.90. The molecule has 0 radical (unpaired) electrons. The van der Waals surface area contributed by atoms with Crippen molar-refractivity contribution < 1.29 is 14.7 Å². The molecule has 0 bridgehead atoms. The van der Waals surface area contributed by atoms with E-state index in [-0.39, 0.29) is 12.3 Å². The third-order valence-electron chi connectivity index (χ3n) is 4.99. The highest BCUT2D eigenvalue weighted by molar-refractivity contribution is 9.10. The maximum atomic E-state index is 12.8. The lowest BCUT2D eigenvalue weighted by Gasteiger charge is -2.13. The maximum absolute atomic E-state index is 12.8. The molecule has 0 unspecified atom stereocenters. The molecule has 1 aromatic carbocycles. The molecular formula is C22H23BrN2O3S2. The normalized spacial score (nSPS) is 15.4. The SMILES string of the molecule is Cc1cc(/C=C2/SC(=S)N(CCCCCC(=O)O)C2=O)c(C)n1-c1ccc(Br)cc1. The number of aliphatic carboxylic acids is 1. The van der Waals surface area contributed by atoms with Crippen LogP contribution in [0.3, 0.4) is 0 Å². The molecular weight excluding hydrogens is 484 g/mol. The summed E-state index contributed by atoms with van der Waals surface area (Å²) in [5, 5.41) is 8.71. The van der Waals surface area contributed by atoms with Gasteiger partial charge in [0.1, 0.15) is 4.32 Å². The molecule has 1 aliphatic rings. The van der Waals surface area contributed by atoms with Gasteiger partial charge in [-0.25, -0.2) is 0 Å². The summed E-state index contributed by atoms with van der Waals surface area (Å²) in [5.74, 6) is -0.860. The molecule has 1 aliphatic heterocycles. The standard InChI is InChI=1S/C22H23BrN2O3S2/c1-14-12-16(15(2)25(14)18-9-7-17(23)8-10-18)13-19-21(28)24(22(29)30-19)11-5-3-4-6-20(26)27/h7-10,12-13H,3-6,11H2,1-2H3,(H,26,27)/b19-13+. The van der Waals surface area contributed by atoms with Crippen LogP contribution in [-0.2, 0) is 9.59 Å². The summed E-state index contributed by atoms with van der Waals surface area (Å²) in [5.41, 5.74) is 4.22. The Balaban J connectivity index is 1.73. The highest BCUT2D eigenvalue weighted by atomic mass is 79.9. The van der Waals surface area contributed by atoms with E-state index in [1.54, 1.807) is 4.90 Å². The minimum Gasteiger partial charge on any atom is -0.481 e. The molecule has 1 saturated heterocycles. The van der Waals surface area contributed by atoms with Crippen LogP contribution in [0.15, 0.2) is 39.7 Å². The Bertz CT molecular complexity index is 1010. The van der Waals surface area contributed by atoms with Crippen molar-refractivity contribution in [3.63, 3.8) is 0 Å². The van der Waals surface area contributed by atoms with Crippen molar-refractivity contribution in [2.75, 3.05) is 6.54 Å². The number of carboxylic acid groups (broad SMARTS) is 1. The number of carboxylic acids is 1. The van der Waals surface area contributed by atoms with E-state index < -0.39 is 5.97 Å². The quantitative estimate of drug-likeness (QED) is 0.282. The summed E-state index contributed by atoms with van der Waals surface area (Å²) in [6.07, 6.45) is 4.19. The van der Waals surface area contributed by atoms with Gasteiger partial charge >= 0.3 is 5.97 Å². The Morgan fingerprint density at radius 3 is 2.57 bits per heavy atom. The largest absolute Gasteiger partial charge is 0.481 e. The second-order valence-electron chi connectivity index (χ2n) is 7.18. The molecule has 5 nitrogen and oxygen atoms in total. The average molecular weight is 507 g/mol. The number of carbonyl (C=O) groups is 2. The molecule has 1 N–H and O–H groups in total. The van der Waals surface area contributed by atoms with Crippen LogP contribution < -0.4 is 0 Å². The van der Waals surface area contributed by atoms with Gasteiger partial charge in [-0.2, -0.15) is 0 Å². The Labute approximate surface area is 194 Å². The number of thiocarbonyl (C=S) groups is 1. The molecule has 0 aliphatic carbocycles. The van der Waals surface area contributed by atoms with Gasteiger partial charge in [0.2, 0.25) is 0 Å². The first kappa shape index (κ1) is 22.8. The van der Waals surface area contributed by atoms with Crippen LogP contribution in [0.2, 0.25) is 0 Å². The van der Waals surface area contributed by atoms with Crippen LogP contribution in [0.25, 0.3) is 11.8 Å². The molecule has 30 heavy (non-hydrogen) atoms. The van der Waals surface area contributed by atoms with Crippen molar-refractivity contribution in [1.29, 1.82) is 0 Å². The number of thioether (sulfide) groups is 1. The molecule has 1 amide bonds. The number of hydrogen-bond acceptors (Lipinski definition) is 4. The molecule has 0 saturated carbocycles. The summed E-state index contributed by atoms with van der Waals surface area (Å²) < 4.78 is 3.76. The fourth-order valence-corrected chi connectivity index (χ4v) is 5.04. The Morgan fingerprint density at radius 2 is 1.90 bits per heavy atom. The van der Waals surface area contributed by atoms with Crippen LogP contribution in [0.1, 0.15) is 42.6 Å². The van der Waals surface area contributed by atoms with Gasteiger partial charge in [-0.3, -0.25) is 14.5 Å². The van der Waals surface area contributed by atoms with Gasteiger partial charge in [0, 0.05) is 34.5 Å². The van der Waals surface area contributed by atoms with Crippen LogP contribution in [0, 0.1) is 13.8 Å². The average Bonchev–Trinajstić information content (AvgIpc) is 3.11. The molecule has 1 aromatic heterocycles. The molecule has 0 spiro atoms. The number of nitrogens with zero attached hydrogens (tertiary/aromatic N) is 2. The number of amides is 1. The van der Waals surface area contributed by atoms with Crippen molar-refractivity contribution in [3.8, 4) is 5.69 Å². The van der Waals surface area contributed by atoms with Gasteiger partial charge in [0.25, 0.3) is 5.91 Å². The maximum Gasteiger partial charge on any atom is 0.303 e. The minimum atomic E-state index is -0.788. The van der Waals surface area contributed by atoms with Crippen molar-refractivity contribution in [1.82, 2.24) is 9.47 Å². The van der Waals surface area contributed by atoms with Crippen molar-refractivity contribution in [3.05, 3.63) is 56.7 Å². The fourth-order valence-electron chi connectivity index (χ4n) is 3.48. The second-order valence-corrected chi connectivity index (χ2v) is 9.77. The molecule has 8 heteroatoms. The zero-order valence-electron chi connectivity index (χ0n) is 16.9. The molecule has 1 fully saturated rings. The van der Waals surface area contributed by atoms with E-state index >= 15 is 0 Å². The number of aromatic nitrogens is 1. The predicted octanol–water partition coefficient (Wildman–Crippen LogP) is 5.70. The first-order chi connectivity index (χ1) is 14.3. The van der Waals surface area contributed by atoms with Crippen molar-refractivity contribution in [2.45, 2.75) is 39.5 Å². The third-order valence-corrected chi connectivity index (χ3v) is 6.89. The van der Waals surface area contributed by atoms with E-state index in [0.29, 0.717) is 22.2 Å². The van der Waals surface area contributed by atoms with Crippen LogP contribution in [0.5, 0.6) is 0 Å². The van der Waals surface area contributed by atoms with E-state index in [2.05, 4.69) is 45.6 Å². The van der Waals surface area contributed by atoms with Gasteiger partial charge in [0.05, 0.1) is 4.91 Å². The van der Waals surface area contributed by atoms with E-state index in [9.17, 15) is 9.59 Å². The monoisotopic (exact) mass is 506 g/mol. The summed E-state index contributed by atoms with van der Waals surface area (Å²) >= 11 is 10.2. The van der Waals surface area contributed by atoms with Crippen LogP contribution in [-0.4, -0.2) is 37.3 Å². The highest BCUT2D eigenvalue weighted by Crippen LogP contribution is 2.34. The van der Waals surface area contributed by atoms with E-state index in [1.165, 1.54) is 11.8 Å². The van der Waals surface area contributed by atoms with Crippen molar-refractivity contribution in [2.24, 2.45) is 0 Å². The predicted molar refractivity (Wildman–Crippen MR) is 129 cm³/mol.